The lowest BCUT2D eigenvalue weighted by molar-refractivity contribution is -0.121. The van der Waals surface area contributed by atoms with Gasteiger partial charge in [0.25, 0.3) is 0 Å². The number of nitrogens with one attached hydrogen (secondary N) is 1. The zero-order valence-corrected chi connectivity index (χ0v) is 13.1. The maximum atomic E-state index is 12.3. The first kappa shape index (κ1) is 15.8. The highest BCUT2D eigenvalue weighted by atomic mass is 16.5. The van der Waals surface area contributed by atoms with Crippen LogP contribution in [0.25, 0.3) is 0 Å². The molecule has 1 aliphatic rings. The summed E-state index contributed by atoms with van der Waals surface area (Å²) in [5.74, 6) is 2.16. The highest BCUT2D eigenvalue weighted by Crippen LogP contribution is 2.33. The molecule has 1 aromatic heterocycles. The van der Waals surface area contributed by atoms with Gasteiger partial charge in [-0.05, 0) is 43.7 Å². The average Bonchev–Trinajstić information content (AvgIpc) is 2.54. The van der Waals surface area contributed by atoms with E-state index in [4.69, 9.17) is 4.74 Å². The molecule has 1 fully saturated rings. The van der Waals surface area contributed by atoms with E-state index in [0.717, 1.165) is 18.8 Å². The Bertz CT molecular complexity index is 454. The molecule has 0 atom stereocenters. The number of hydrogen-bond acceptors (Lipinski definition) is 3. The summed E-state index contributed by atoms with van der Waals surface area (Å²) >= 11 is 0. The lowest BCUT2D eigenvalue weighted by atomic mass is 9.79. The van der Waals surface area contributed by atoms with Gasteiger partial charge in [0.1, 0.15) is 0 Å². The van der Waals surface area contributed by atoms with E-state index in [9.17, 15) is 4.79 Å². The van der Waals surface area contributed by atoms with Gasteiger partial charge in [0.2, 0.25) is 5.91 Å². The van der Waals surface area contributed by atoms with E-state index in [1.165, 1.54) is 32.1 Å². The molecule has 1 heterocycles. The normalized spacial score (nSPS) is 21.8. The van der Waals surface area contributed by atoms with Crippen molar-refractivity contribution in [2.24, 2.45) is 11.8 Å². The molecule has 0 bridgehead atoms. The fraction of sp³-hybridized carbons (Fsp3) is 0.647. The van der Waals surface area contributed by atoms with E-state index in [2.05, 4.69) is 17.2 Å². The first-order valence-corrected chi connectivity index (χ1v) is 8.04. The summed E-state index contributed by atoms with van der Waals surface area (Å²) in [5.41, 5.74) is 0. The van der Waals surface area contributed by atoms with Crippen LogP contribution in [0.4, 0.5) is 5.82 Å². The average molecular weight is 290 g/mol. The lowest BCUT2D eigenvalue weighted by Crippen LogP contribution is -2.27. The molecule has 21 heavy (non-hydrogen) atoms. The van der Waals surface area contributed by atoms with E-state index in [0.29, 0.717) is 11.6 Å². The number of amides is 1. The van der Waals surface area contributed by atoms with E-state index in [-0.39, 0.29) is 11.8 Å². The lowest BCUT2D eigenvalue weighted by Gasteiger charge is -2.27. The van der Waals surface area contributed by atoms with Gasteiger partial charge in [-0.2, -0.15) is 0 Å². The minimum Gasteiger partial charge on any atom is -0.493 e. The fourth-order valence-corrected chi connectivity index (χ4v) is 3.07. The number of pyridine rings is 1. The molecule has 1 saturated carbocycles. The number of ether oxygens (including phenoxy) is 1. The summed E-state index contributed by atoms with van der Waals surface area (Å²) in [7, 11) is 1.59. The molecule has 0 unspecified atom stereocenters. The Labute approximate surface area is 127 Å². The second kappa shape index (κ2) is 8.01. The molecular weight excluding hydrogens is 264 g/mol. The Morgan fingerprint density at radius 2 is 2.14 bits per heavy atom. The SMILES string of the molecule is CCCCC1CCC(C(=O)Nc2ncccc2OC)CC1. The Morgan fingerprint density at radius 3 is 2.81 bits per heavy atom. The predicted molar refractivity (Wildman–Crippen MR) is 84.4 cm³/mol. The van der Waals surface area contributed by atoms with Crippen molar-refractivity contribution in [2.75, 3.05) is 12.4 Å². The van der Waals surface area contributed by atoms with Crippen LogP contribution in [0.15, 0.2) is 18.3 Å². The number of rotatable bonds is 6. The van der Waals surface area contributed by atoms with Crippen molar-refractivity contribution in [3.8, 4) is 5.75 Å². The van der Waals surface area contributed by atoms with Crippen molar-refractivity contribution in [2.45, 2.75) is 51.9 Å². The number of unbranched alkanes of at least 4 members (excludes halogenated alkanes) is 1. The van der Waals surface area contributed by atoms with Crippen molar-refractivity contribution in [3.63, 3.8) is 0 Å². The highest BCUT2D eigenvalue weighted by molar-refractivity contribution is 5.92. The van der Waals surface area contributed by atoms with Gasteiger partial charge in [0.15, 0.2) is 11.6 Å². The molecule has 1 aromatic rings. The zero-order valence-electron chi connectivity index (χ0n) is 13.1. The molecule has 116 valence electrons. The van der Waals surface area contributed by atoms with Gasteiger partial charge in [-0.15, -0.1) is 0 Å². The van der Waals surface area contributed by atoms with Gasteiger partial charge < -0.3 is 10.1 Å². The second-order valence-corrected chi connectivity index (χ2v) is 5.90. The first-order chi connectivity index (χ1) is 10.2. The Balaban J connectivity index is 1.85. The number of carbonyl (C=O) groups is 1. The van der Waals surface area contributed by atoms with Gasteiger partial charge in [-0.1, -0.05) is 26.2 Å². The Hall–Kier alpha value is -1.58. The maximum Gasteiger partial charge on any atom is 0.228 e. The van der Waals surface area contributed by atoms with Crippen LogP contribution in [0, 0.1) is 11.8 Å². The van der Waals surface area contributed by atoms with E-state index >= 15 is 0 Å². The standard InChI is InChI=1S/C17H26N2O2/c1-3-4-6-13-8-10-14(11-9-13)17(20)19-16-15(21-2)7-5-12-18-16/h5,7,12-14H,3-4,6,8-11H2,1-2H3,(H,18,19,20). The third kappa shape index (κ3) is 4.45. The molecule has 0 aliphatic heterocycles. The molecular formula is C17H26N2O2. The van der Waals surface area contributed by atoms with Crippen LogP contribution in [-0.4, -0.2) is 18.0 Å². The Morgan fingerprint density at radius 1 is 1.38 bits per heavy atom. The zero-order chi connectivity index (χ0) is 15.1. The van der Waals surface area contributed by atoms with Crippen LogP contribution in [-0.2, 0) is 4.79 Å². The summed E-state index contributed by atoms with van der Waals surface area (Å²) in [6, 6.07) is 3.61. The monoisotopic (exact) mass is 290 g/mol. The number of aromatic nitrogens is 1. The first-order valence-electron chi connectivity index (χ1n) is 8.04. The van der Waals surface area contributed by atoms with Crippen molar-refractivity contribution in [1.29, 1.82) is 0 Å². The molecule has 2 rings (SSSR count). The molecule has 4 nitrogen and oxygen atoms in total. The van der Waals surface area contributed by atoms with Gasteiger partial charge in [0, 0.05) is 12.1 Å². The molecule has 0 aromatic carbocycles. The molecule has 1 amide bonds. The van der Waals surface area contributed by atoms with Gasteiger partial charge in [0.05, 0.1) is 7.11 Å². The van der Waals surface area contributed by atoms with Crippen LogP contribution >= 0.6 is 0 Å². The minimum atomic E-state index is 0.0842. The number of methoxy groups -OCH3 is 1. The topological polar surface area (TPSA) is 51.2 Å². The van der Waals surface area contributed by atoms with Crippen LogP contribution in [0.1, 0.15) is 51.9 Å². The van der Waals surface area contributed by atoms with Crippen LogP contribution in [0.2, 0.25) is 0 Å². The van der Waals surface area contributed by atoms with Crippen LogP contribution in [0.5, 0.6) is 5.75 Å². The predicted octanol–water partition coefficient (Wildman–Crippen LogP) is 4.03. The summed E-state index contributed by atoms with van der Waals surface area (Å²) in [6.07, 6.45) is 9.91. The third-order valence-electron chi connectivity index (χ3n) is 4.42. The van der Waals surface area contributed by atoms with Crippen molar-refractivity contribution in [1.82, 2.24) is 4.98 Å². The van der Waals surface area contributed by atoms with Gasteiger partial charge in [-0.25, -0.2) is 4.98 Å². The van der Waals surface area contributed by atoms with Crippen LogP contribution in [0.3, 0.4) is 0 Å². The smallest absolute Gasteiger partial charge is 0.228 e. The quantitative estimate of drug-likeness (QED) is 0.860. The van der Waals surface area contributed by atoms with E-state index < -0.39 is 0 Å². The Kier molecular flexibility index (Phi) is 6.03. The molecule has 1 aliphatic carbocycles. The summed E-state index contributed by atoms with van der Waals surface area (Å²) < 4.78 is 5.22. The van der Waals surface area contributed by atoms with Crippen LogP contribution < -0.4 is 10.1 Å². The number of anilines is 1. The molecule has 4 heteroatoms. The van der Waals surface area contributed by atoms with Crippen molar-refractivity contribution >= 4 is 11.7 Å². The minimum absolute atomic E-state index is 0.0842. The van der Waals surface area contributed by atoms with Crippen molar-refractivity contribution in [3.05, 3.63) is 18.3 Å². The molecule has 0 spiro atoms. The summed E-state index contributed by atoms with van der Waals surface area (Å²) in [5, 5.41) is 2.91. The summed E-state index contributed by atoms with van der Waals surface area (Å²) in [4.78, 5) is 16.5. The molecule has 0 radical (unpaired) electrons. The van der Waals surface area contributed by atoms with Gasteiger partial charge >= 0.3 is 0 Å². The number of hydrogen-bond donors (Lipinski definition) is 1. The largest absolute Gasteiger partial charge is 0.493 e. The van der Waals surface area contributed by atoms with E-state index in [1.54, 1.807) is 19.4 Å². The summed E-state index contributed by atoms with van der Waals surface area (Å²) in [6.45, 7) is 2.24. The molecule has 1 N–H and O–H groups in total. The second-order valence-electron chi connectivity index (χ2n) is 5.90. The highest BCUT2D eigenvalue weighted by Gasteiger charge is 2.26. The molecule has 0 saturated heterocycles. The maximum absolute atomic E-state index is 12.3. The fourth-order valence-electron chi connectivity index (χ4n) is 3.07. The number of carbonyl (C=O) groups excluding carboxylic acids is 1. The van der Waals surface area contributed by atoms with Crippen molar-refractivity contribution < 1.29 is 9.53 Å². The van der Waals surface area contributed by atoms with Gasteiger partial charge in [-0.3, -0.25) is 4.79 Å². The van der Waals surface area contributed by atoms with E-state index in [1.807, 2.05) is 6.07 Å². The third-order valence-corrected chi connectivity index (χ3v) is 4.42. The number of nitrogens with zero attached hydrogens (tertiary/aromatic N) is 1.